The van der Waals surface area contributed by atoms with Crippen molar-refractivity contribution in [2.45, 2.75) is 19.9 Å². The first-order valence-corrected chi connectivity index (χ1v) is 4.56. The zero-order valence-electron chi connectivity index (χ0n) is 7.13. The van der Waals surface area contributed by atoms with Crippen molar-refractivity contribution in [2.75, 3.05) is 0 Å². The molecular weight excluding hydrogens is 218 g/mol. The number of aryl methyl sites for hydroxylation is 1. The van der Waals surface area contributed by atoms with E-state index in [-0.39, 0.29) is 6.04 Å². The summed E-state index contributed by atoms with van der Waals surface area (Å²) < 4.78 is 0.949. The number of nitrogens with two attached hydrogens (primary N) is 1. The Balaban J connectivity index is 3.28. The van der Waals surface area contributed by atoms with Gasteiger partial charge < -0.3 is 10.8 Å². The Labute approximate surface area is 80.5 Å². The topological polar surface area (TPSA) is 46.2 Å². The van der Waals surface area contributed by atoms with Crippen LogP contribution in [0.1, 0.15) is 24.1 Å². The molecule has 0 fully saturated rings. The van der Waals surface area contributed by atoms with Gasteiger partial charge in [0.05, 0.1) is 0 Å². The summed E-state index contributed by atoms with van der Waals surface area (Å²) in [5, 5.41) is 9.59. The zero-order valence-corrected chi connectivity index (χ0v) is 8.72. The van der Waals surface area contributed by atoms with Crippen molar-refractivity contribution in [3.8, 4) is 5.75 Å². The minimum Gasteiger partial charge on any atom is -0.507 e. The van der Waals surface area contributed by atoms with Gasteiger partial charge >= 0.3 is 0 Å². The molecule has 0 saturated heterocycles. The highest BCUT2D eigenvalue weighted by Gasteiger charge is 2.09. The molecule has 0 spiro atoms. The average Bonchev–Trinajstić information content (AvgIpc) is 1.96. The van der Waals surface area contributed by atoms with E-state index in [2.05, 4.69) is 15.9 Å². The van der Waals surface area contributed by atoms with E-state index in [1.807, 2.05) is 26.0 Å². The Kier molecular flexibility index (Phi) is 2.75. The van der Waals surface area contributed by atoms with E-state index in [4.69, 9.17) is 5.73 Å². The molecule has 0 saturated carbocycles. The Bertz CT molecular complexity index is 297. The predicted octanol–water partition coefficient (Wildman–Crippen LogP) is 2.48. The number of hydrogen-bond acceptors (Lipinski definition) is 2. The summed E-state index contributed by atoms with van der Waals surface area (Å²) in [4.78, 5) is 0. The van der Waals surface area contributed by atoms with E-state index in [1.165, 1.54) is 0 Å². The Morgan fingerprint density at radius 3 is 2.58 bits per heavy atom. The van der Waals surface area contributed by atoms with Gasteiger partial charge in [-0.15, -0.1) is 0 Å². The summed E-state index contributed by atoms with van der Waals surface area (Å²) in [5.74, 6) is 0.299. The quantitative estimate of drug-likeness (QED) is 0.778. The molecule has 0 aromatic heterocycles. The highest BCUT2D eigenvalue weighted by atomic mass is 79.9. The highest BCUT2D eigenvalue weighted by molar-refractivity contribution is 9.10. The van der Waals surface area contributed by atoms with Gasteiger partial charge in [-0.1, -0.05) is 15.9 Å². The summed E-state index contributed by atoms with van der Waals surface area (Å²) in [7, 11) is 0. The van der Waals surface area contributed by atoms with E-state index in [9.17, 15) is 5.11 Å². The van der Waals surface area contributed by atoms with E-state index in [0.29, 0.717) is 5.75 Å². The largest absolute Gasteiger partial charge is 0.507 e. The fraction of sp³-hybridized carbons (Fsp3) is 0.333. The molecule has 3 N–H and O–H groups in total. The van der Waals surface area contributed by atoms with Crippen LogP contribution in [-0.2, 0) is 0 Å². The molecule has 0 heterocycles. The van der Waals surface area contributed by atoms with Gasteiger partial charge in [0.15, 0.2) is 0 Å². The molecule has 1 atom stereocenters. The standard InChI is InChI=1S/C9H12BrNO/c1-5-3-7(10)4-8(6(2)11)9(5)12/h3-4,6,12H,11H2,1-2H3/t6-/m1/s1. The van der Waals surface area contributed by atoms with Crippen molar-refractivity contribution < 1.29 is 5.11 Å². The number of halogens is 1. The molecule has 0 amide bonds. The molecule has 1 aromatic rings. The summed E-state index contributed by atoms with van der Waals surface area (Å²) >= 11 is 3.35. The minimum atomic E-state index is -0.138. The van der Waals surface area contributed by atoms with Crippen molar-refractivity contribution in [1.29, 1.82) is 0 Å². The summed E-state index contributed by atoms with van der Waals surface area (Å²) in [5.41, 5.74) is 7.30. The normalized spacial score (nSPS) is 13.0. The molecular formula is C9H12BrNO. The van der Waals surface area contributed by atoms with Crippen LogP contribution in [-0.4, -0.2) is 5.11 Å². The van der Waals surface area contributed by atoms with Crippen molar-refractivity contribution in [1.82, 2.24) is 0 Å². The van der Waals surface area contributed by atoms with Crippen LogP contribution in [0.5, 0.6) is 5.75 Å². The Morgan fingerprint density at radius 1 is 1.50 bits per heavy atom. The third-order valence-corrected chi connectivity index (χ3v) is 2.24. The molecule has 1 rings (SSSR count). The van der Waals surface area contributed by atoms with Crippen molar-refractivity contribution in [3.63, 3.8) is 0 Å². The Morgan fingerprint density at radius 2 is 2.08 bits per heavy atom. The molecule has 66 valence electrons. The van der Waals surface area contributed by atoms with Gasteiger partial charge in [-0.25, -0.2) is 0 Å². The lowest BCUT2D eigenvalue weighted by atomic mass is 10.0. The number of hydrogen-bond donors (Lipinski definition) is 2. The summed E-state index contributed by atoms with van der Waals surface area (Å²) in [6, 6.07) is 3.56. The second-order valence-electron chi connectivity index (χ2n) is 2.95. The molecule has 3 heteroatoms. The highest BCUT2D eigenvalue weighted by Crippen LogP contribution is 2.29. The second-order valence-corrected chi connectivity index (χ2v) is 3.86. The van der Waals surface area contributed by atoms with Crippen LogP contribution >= 0.6 is 15.9 Å². The molecule has 0 aliphatic carbocycles. The van der Waals surface area contributed by atoms with Gasteiger partial charge in [0.2, 0.25) is 0 Å². The maximum absolute atomic E-state index is 9.59. The summed E-state index contributed by atoms with van der Waals surface area (Å²) in [6.45, 7) is 3.70. The Hall–Kier alpha value is -0.540. The number of rotatable bonds is 1. The van der Waals surface area contributed by atoms with Crippen LogP contribution in [0.15, 0.2) is 16.6 Å². The smallest absolute Gasteiger partial charge is 0.123 e. The van der Waals surface area contributed by atoms with Crippen LogP contribution in [0.4, 0.5) is 0 Å². The molecule has 0 unspecified atom stereocenters. The van der Waals surface area contributed by atoms with E-state index in [1.54, 1.807) is 0 Å². The monoisotopic (exact) mass is 229 g/mol. The van der Waals surface area contributed by atoms with Crippen molar-refractivity contribution in [2.24, 2.45) is 5.73 Å². The lowest BCUT2D eigenvalue weighted by Crippen LogP contribution is -2.05. The number of phenols is 1. The molecule has 2 nitrogen and oxygen atoms in total. The first-order chi connectivity index (χ1) is 5.52. The van der Waals surface area contributed by atoms with E-state index >= 15 is 0 Å². The number of aromatic hydroxyl groups is 1. The van der Waals surface area contributed by atoms with Gasteiger partial charge in [0.25, 0.3) is 0 Å². The summed E-state index contributed by atoms with van der Waals surface area (Å²) in [6.07, 6.45) is 0. The maximum Gasteiger partial charge on any atom is 0.123 e. The molecule has 1 aromatic carbocycles. The minimum absolute atomic E-state index is 0.138. The van der Waals surface area contributed by atoms with Gasteiger partial charge in [-0.3, -0.25) is 0 Å². The van der Waals surface area contributed by atoms with Crippen molar-refractivity contribution >= 4 is 15.9 Å². The number of benzene rings is 1. The number of phenolic OH excluding ortho intramolecular Hbond substituents is 1. The fourth-order valence-electron chi connectivity index (χ4n) is 1.11. The van der Waals surface area contributed by atoms with Gasteiger partial charge in [0, 0.05) is 16.1 Å². The van der Waals surface area contributed by atoms with Crippen LogP contribution in [0.25, 0.3) is 0 Å². The van der Waals surface area contributed by atoms with Crippen LogP contribution in [0.2, 0.25) is 0 Å². The maximum atomic E-state index is 9.59. The molecule has 0 radical (unpaired) electrons. The zero-order chi connectivity index (χ0) is 9.30. The first-order valence-electron chi connectivity index (χ1n) is 3.77. The second kappa shape index (κ2) is 3.46. The van der Waals surface area contributed by atoms with Crippen molar-refractivity contribution in [3.05, 3.63) is 27.7 Å². The molecule has 0 bridgehead atoms. The van der Waals surface area contributed by atoms with Gasteiger partial charge in [0.1, 0.15) is 5.75 Å². The van der Waals surface area contributed by atoms with E-state index in [0.717, 1.165) is 15.6 Å². The predicted molar refractivity (Wildman–Crippen MR) is 53.1 cm³/mol. The van der Waals surface area contributed by atoms with Crippen LogP contribution in [0.3, 0.4) is 0 Å². The fourth-order valence-corrected chi connectivity index (χ4v) is 1.70. The van der Waals surface area contributed by atoms with E-state index < -0.39 is 0 Å². The lowest BCUT2D eigenvalue weighted by Gasteiger charge is -2.10. The van der Waals surface area contributed by atoms with Crippen LogP contribution < -0.4 is 5.73 Å². The van der Waals surface area contributed by atoms with Crippen LogP contribution in [0, 0.1) is 6.92 Å². The third-order valence-electron chi connectivity index (χ3n) is 1.79. The van der Waals surface area contributed by atoms with Gasteiger partial charge in [-0.05, 0) is 31.5 Å². The molecule has 0 aliphatic rings. The molecule has 0 aliphatic heterocycles. The average molecular weight is 230 g/mol. The third kappa shape index (κ3) is 1.79. The van der Waals surface area contributed by atoms with Gasteiger partial charge in [-0.2, -0.15) is 0 Å². The lowest BCUT2D eigenvalue weighted by molar-refractivity contribution is 0.459. The first kappa shape index (κ1) is 9.55. The SMILES string of the molecule is Cc1cc(Br)cc([C@@H](C)N)c1O. The molecule has 12 heavy (non-hydrogen) atoms.